The van der Waals surface area contributed by atoms with E-state index < -0.39 is 23.6 Å². The highest BCUT2D eigenvalue weighted by molar-refractivity contribution is 6.22. The van der Waals surface area contributed by atoms with Crippen molar-refractivity contribution in [3.8, 4) is 0 Å². The van der Waals surface area contributed by atoms with Crippen molar-refractivity contribution in [3.05, 3.63) is 0 Å². The zero-order valence-corrected chi connectivity index (χ0v) is 10.3. The van der Waals surface area contributed by atoms with Gasteiger partial charge in [0.2, 0.25) is 0 Å². The molecular weight excluding hydrogens is 244 g/mol. The molecule has 0 unspecified atom stereocenters. The molecule has 98 valence electrons. The van der Waals surface area contributed by atoms with E-state index in [0.717, 1.165) is 14.7 Å². The molecule has 2 rings (SSSR count). The van der Waals surface area contributed by atoms with E-state index >= 15 is 0 Å². The molecule has 0 N–H and O–H groups in total. The summed E-state index contributed by atoms with van der Waals surface area (Å²) in [4.78, 5) is 43.6. The molecule has 2 aliphatic rings. The third-order valence-electron chi connectivity index (χ3n) is 2.96. The molecular formula is C9H12N4O5. The van der Waals surface area contributed by atoms with Crippen molar-refractivity contribution >= 4 is 23.9 Å². The number of rotatable bonds is 0. The van der Waals surface area contributed by atoms with Crippen molar-refractivity contribution in [2.45, 2.75) is 5.72 Å². The minimum absolute atomic E-state index is 0.0205. The second kappa shape index (κ2) is 3.59. The first kappa shape index (κ1) is 12.1. The summed E-state index contributed by atoms with van der Waals surface area (Å²) in [6, 6.07) is -0.744. The fourth-order valence-electron chi connectivity index (χ4n) is 1.85. The van der Waals surface area contributed by atoms with E-state index in [1.807, 2.05) is 0 Å². The zero-order valence-electron chi connectivity index (χ0n) is 10.3. The summed E-state index contributed by atoms with van der Waals surface area (Å²) in [6.45, 7) is 0. The molecule has 4 amide bonds. The molecule has 2 aliphatic heterocycles. The summed E-state index contributed by atoms with van der Waals surface area (Å²) in [5.41, 5.74) is -2.00. The number of barbiturate groups is 1. The van der Waals surface area contributed by atoms with E-state index in [0.29, 0.717) is 0 Å². The predicted molar refractivity (Wildman–Crippen MR) is 57.0 cm³/mol. The molecule has 0 aromatic carbocycles. The molecule has 0 bridgehead atoms. The van der Waals surface area contributed by atoms with Crippen LogP contribution < -0.4 is 0 Å². The van der Waals surface area contributed by atoms with Gasteiger partial charge in [-0.2, -0.15) is 0 Å². The van der Waals surface area contributed by atoms with E-state index in [2.05, 4.69) is 5.16 Å². The van der Waals surface area contributed by atoms with Crippen LogP contribution in [-0.4, -0.2) is 72.5 Å². The summed E-state index contributed by atoms with van der Waals surface area (Å²) in [5, 5.41) is 3.52. The molecule has 0 aliphatic carbocycles. The van der Waals surface area contributed by atoms with Crippen LogP contribution in [0.5, 0.6) is 0 Å². The third-order valence-corrected chi connectivity index (χ3v) is 2.96. The lowest BCUT2D eigenvalue weighted by molar-refractivity contribution is -0.186. The molecule has 0 atom stereocenters. The molecule has 0 radical (unpaired) electrons. The first-order valence-corrected chi connectivity index (χ1v) is 5.02. The Morgan fingerprint density at radius 2 is 1.61 bits per heavy atom. The smallest absolute Gasteiger partial charge is 0.371 e. The Bertz CT molecular complexity index is 450. The average Bonchev–Trinajstić information content (AvgIpc) is 2.70. The number of amidine groups is 1. The topological polar surface area (TPSA) is 91.7 Å². The first-order valence-electron chi connectivity index (χ1n) is 5.02. The van der Waals surface area contributed by atoms with Crippen LogP contribution in [0.25, 0.3) is 0 Å². The Balaban J connectivity index is 2.48. The lowest BCUT2D eigenvalue weighted by Gasteiger charge is -2.40. The van der Waals surface area contributed by atoms with Crippen LogP contribution in [0.15, 0.2) is 5.16 Å². The summed E-state index contributed by atoms with van der Waals surface area (Å²) in [7, 11) is 5.27. The van der Waals surface area contributed by atoms with Crippen LogP contribution in [0.1, 0.15) is 0 Å². The number of carbonyl (C=O) groups is 3. The molecule has 0 aromatic heterocycles. The number of nitrogens with zero attached hydrogens (tertiary/aromatic N) is 4. The molecule has 0 aromatic rings. The fraction of sp³-hybridized carbons (Fsp3) is 0.556. The number of imide groups is 2. The van der Waals surface area contributed by atoms with Crippen LogP contribution >= 0.6 is 0 Å². The SMILES string of the molecule is COC1=NOC2(C(=O)N(C)C(=O)N(C)C2=O)N1C. The molecule has 1 fully saturated rings. The summed E-state index contributed by atoms with van der Waals surface area (Å²) in [5.74, 6) is -1.62. The summed E-state index contributed by atoms with van der Waals surface area (Å²) in [6.07, 6.45) is 0. The van der Waals surface area contributed by atoms with Gasteiger partial charge >= 0.3 is 29.6 Å². The second-order valence-electron chi connectivity index (χ2n) is 3.88. The fourth-order valence-corrected chi connectivity index (χ4v) is 1.85. The lowest BCUT2D eigenvalue weighted by Crippen LogP contribution is -2.72. The van der Waals surface area contributed by atoms with Gasteiger partial charge in [-0.1, -0.05) is 0 Å². The normalized spacial score (nSPS) is 22.6. The maximum absolute atomic E-state index is 12.1. The number of methoxy groups -OCH3 is 1. The van der Waals surface area contributed by atoms with Gasteiger partial charge < -0.3 is 9.57 Å². The van der Waals surface area contributed by atoms with E-state index in [4.69, 9.17) is 9.57 Å². The van der Waals surface area contributed by atoms with E-state index in [-0.39, 0.29) is 6.02 Å². The number of ether oxygens (including phenoxy) is 1. The first-order chi connectivity index (χ1) is 8.37. The quantitative estimate of drug-likeness (QED) is 0.496. The Morgan fingerprint density at radius 1 is 1.11 bits per heavy atom. The van der Waals surface area contributed by atoms with Gasteiger partial charge in [-0.05, 0) is 5.16 Å². The molecule has 9 heteroatoms. The molecule has 2 heterocycles. The molecule has 9 nitrogen and oxygen atoms in total. The van der Waals surface area contributed by atoms with Gasteiger partial charge in [-0.15, -0.1) is 0 Å². The van der Waals surface area contributed by atoms with Crippen molar-refractivity contribution in [1.82, 2.24) is 14.7 Å². The number of oxime groups is 1. The monoisotopic (exact) mass is 256 g/mol. The van der Waals surface area contributed by atoms with Crippen molar-refractivity contribution in [1.29, 1.82) is 0 Å². The van der Waals surface area contributed by atoms with Crippen LogP contribution in [0, 0.1) is 0 Å². The highest BCUT2D eigenvalue weighted by atomic mass is 16.7. The Kier molecular flexibility index (Phi) is 2.42. The Morgan fingerprint density at radius 3 is 2.00 bits per heavy atom. The zero-order chi connectivity index (χ0) is 13.7. The minimum atomic E-state index is -2.00. The van der Waals surface area contributed by atoms with Crippen molar-refractivity contribution in [3.63, 3.8) is 0 Å². The highest BCUT2D eigenvalue weighted by Gasteiger charge is 2.65. The summed E-state index contributed by atoms with van der Waals surface area (Å²) < 4.78 is 4.87. The number of hydrogen-bond donors (Lipinski definition) is 0. The van der Waals surface area contributed by atoms with Gasteiger partial charge in [0.1, 0.15) is 0 Å². The predicted octanol–water partition coefficient (Wildman–Crippen LogP) is -1.39. The van der Waals surface area contributed by atoms with Gasteiger partial charge in [-0.25, -0.2) is 4.79 Å². The Hall–Kier alpha value is -2.32. The molecule has 1 saturated heterocycles. The van der Waals surface area contributed by atoms with Gasteiger partial charge in [0, 0.05) is 21.1 Å². The van der Waals surface area contributed by atoms with Gasteiger partial charge in [0.15, 0.2) is 0 Å². The minimum Gasteiger partial charge on any atom is -0.466 e. The second-order valence-corrected chi connectivity index (χ2v) is 3.88. The molecule has 0 saturated carbocycles. The van der Waals surface area contributed by atoms with Gasteiger partial charge in [-0.3, -0.25) is 24.3 Å². The van der Waals surface area contributed by atoms with Gasteiger partial charge in [0.05, 0.1) is 7.11 Å². The highest BCUT2D eigenvalue weighted by Crippen LogP contribution is 2.31. The van der Waals surface area contributed by atoms with Crippen molar-refractivity contribution < 1.29 is 24.0 Å². The number of hydrogen-bond acceptors (Lipinski definition) is 7. The molecule has 18 heavy (non-hydrogen) atoms. The van der Waals surface area contributed by atoms with E-state index in [9.17, 15) is 14.4 Å². The maximum Gasteiger partial charge on any atom is 0.371 e. The van der Waals surface area contributed by atoms with Gasteiger partial charge in [0.25, 0.3) is 0 Å². The van der Waals surface area contributed by atoms with Crippen LogP contribution in [0.4, 0.5) is 4.79 Å². The maximum atomic E-state index is 12.1. The van der Waals surface area contributed by atoms with Crippen LogP contribution in [0.3, 0.4) is 0 Å². The third kappa shape index (κ3) is 1.15. The van der Waals surface area contributed by atoms with Crippen LogP contribution in [0.2, 0.25) is 0 Å². The standard InChI is InChI=1S/C9H12N4O5/c1-11-5(14)9(6(15)12(2)8(11)16)13(3)7(17-4)10-18-9/h1-4H3. The van der Waals surface area contributed by atoms with Crippen LogP contribution in [-0.2, 0) is 19.2 Å². The van der Waals surface area contributed by atoms with Crippen molar-refractivity contribution in [2.24, 2.45) is 5.16 Å². The van der Waals surface area contributed by atoms with E-state index in [1.54, 1.807) is 0 Å². The summed E-state index contributed by atoms with van der Waals surface area (Å²) >= 11 is 0. The van der Waals surface area contributed by atoms with E-state index in [1.165, 1.54) is 28.3 Å². The van der Waals surface area contributed by atoms with Crippen molar-refractivity contribution in [2.75, 3.05) is 28.3 Å². The average molecular weight is 256 g/mol. The number of carbonyl (C=O) groups excluding carboxylic acids is 3. The number of urea groups is 1. The molecule has 1 spiro atoms. The largest absolute Gasteiger partial charge is 0.466 e. The number of likely N-dealkylation sites (N-methyl/N-ethyl adjacent to an activating group) is 3. The Labute approximate surface area is 102 Å². The number of amides is 4. The lowest BCUT2D eigenvalue weighted by atomic mass is 10.1.